The van der Waals surface area contributed by atoms with Crippen molar-refractivity contribution in [3.63, 3.8) is 0 Å². The molecule has 4 aromatic carbocycles. The summed E-state index contributed by atoms with van der Waals surface area (Å²) in [6.07, 6.45) is 7.80. The van der Waals surface area contributed by atoms with Crippen molar-refractivity contribution in [1.29, 1.82) is 10.5 Å². The Labute approximate surface area is 306 Å². The minimum atomic E-state index is -1.01. The van der Waals surface area contributed by atoms with Crippen LogP contribution in [0.5, 0.6) is 0 Å². The van der Waals surface area contributed by atoms with Crippen molar-refractivity contribution in [3.05, 3.63) is 146 Å². The standard InChI is InChI=1S/2C16H15N2P.2C2H3N.2Ag/c2*1-18-13-12-17-16(18)19(14-8-4-2-5-9-14)15-10-6-3-7-11-15;2*1-2-3;;/h2*2-13H,1H3;2*1H3;;/q;;;;2*+1/p+2. The molecule has 0 fully saturated rings. The maximum absolute atomic E-state index is 7.32. The molecule has 0 aliphatic rings. The van der Waals surface area contributed by atoms with Gasteiger partial charge >= 0.3 is 44.8 Å². The number of aromatic nitrogens is 4. The third kappa shape index (κ3) is 12.1. The predicted molar refractivity (Wildman–Crippen MR) is 189 cm³/mol. The molecule has 0 atom stereocenters. The van der Waals surface area contributed by atoms with Gasteiger partial charge < -0.3 is 9.13 Å². The maximum atomic E-state index is 7.32. The maximum Gasteiger partial charge on any atom is 1.00 e. The molecular formula is C36H38Ag2N6P2+4. The van der Waals surface area contributed by atoms with E-state index in [-0.39, 0.29) is 44.8 Å². The summed E-state index contributed by atoms with van der Waals surface area (Å²) in [5.74, 6) is 0. The number of hydrogen-bond acceptors (Lipinski definition) is 4. The molecule has 6 nitrogen and oxygen atoms in total. The summed E-state index contributed by atoms with van der Waals surface area (Å²) in [6, 6.07) is 46.2. The minimum absolute atomic E-state index is 0. The first-order valence-electron chi connectivity index (χ1n) is 14.1. The summed E-state index contributed by atoms with van der Waals surface area (Å²) in [6.45, 7) is 2.86. The molecule has 0 spiro atoms. The summed E-state index contributed by atoms with van der Waals surface area (Å²) in [7, 11) is 2.11. The Bertz CT molecular complexity index is 1520. The van der Waals surface area contributed by atoms with Gasteiger partial charge in [-0.05, 0) is 48.5 Å². The molecule has 10 heteroatoms. The van der Waals surface area contributed by atoms with E-state index in [1.165, 1.54) is 46.2 Å². The Morgan fingerprint density at radius 2 is 0.696 bits per heavy atom. The van der Waals surface area contributed by atoms with E-state index in [9.17, 15) is 0 Å². The normalized spacial score (nSPS) is 9.30. The van der Waals surface area contributed by atoms with Crippen LogP contribution in [0.2, 0.25) is 0 Å². The second-order valence-corrected chi connectivity index (χ2v) is 14.1. The molecule has 0 bridgehead atoms. The number of nitrogens with zero attached hydrogens (tertiary/aromatic N) is 6. The molecule has 0 N–H and O–H groups in total. The van der Waals surface area contributed by atoms with Crippen LogP contribution in [0.25, 0.3) is 0 Å². The van der Waals surface area contributed by atoms with Crippen LogP contribution in [0.1, 0.15) is 13.8 Å². The zero-order valence-electron chi connectivity index (χ0n) is 26.1. The zero-order valence-corrected chi connectivity index (χ0v) is 31.1. The van der Waals surface area contributed by atoms with Crippen molar-refractivity contribution in [3.8, 4) is 12.1 Å². The SMILES string of the molecule is CC#N.CC#N.Cn1ccnc1[PH+](c1ccccc1)c1ccccc1.Cn1ccnc1[PH+](c1ccccc1)c1ccccc1.[Ag+].[Ag+]. The largest absolute Gasteiger partial charge is 1.00 e. The zero-order chi connectivity index (χ0) is 31.6. The van der Waals surface area contributed by atoms with Gasteiger partial charge in [-0.1, -0.05) is 72.8 Å². The molecule has 2 heterocycles. The summed E-state index contributed by atoms with van der Waals surface area (Å²) in [5.41, 5.74) is 2.34. The van der Waals surface area contributed by atoms with Crippen LogP contribution in [-0.2, 0) is 58.9 Å². The van der Waals surface area contributed by atoms with Gasteiger partial charge in [0.1, 0.15) is 37.1 Å². The van der Waals surface area contributed by atoms with Gasteiger partial charge in [0, 0.05) is 52.7 Å². The number of rotatable bonds is 6. The van der Waals surface area contributed by atoms with Gasteiger partial charge in [-0.3, -0.25) is 0 Å². The quantitative estimate of drug-likeness (QED) is 0.177. The van der Waals surface area contributed by atoms with Gasteiger partial charge in [-0.2, -0.15) is 10.5 Å². The molecule has 0 saturated carbocycles. The van der Waals surface area contributed by atoms with E-state index in [0.29, 0.717) is 0 Å². The fourth-order valence-corrected chi connectivity index (χ4v) is 9.55. The van der Waals surface area contributed by atoms with Crippen LogP contribution < -0.4 is 32.3 Å². The monoisotopic (exact) mass is 830 g/mol. The van der Waals surface area contributed by atoms with E-state index in [1.807, 2.05) is 24.8 Å². The minimum Gasteiger partial charge on any atom is -0.305 e. The number of benzene rings is 4. The molecule has 6 rings (SSSR count). The Hall–Kier alpha value is -3.38. The van der Waals surface area contributed by atoms with E-state index in [0.717, 1.165) is 0 Å². The molecule has 6 aromatic rings. The summed E-state index contributed by atoms with van der Waals surface area (Å²) in [4.78, 5) is 9.15. The average Bonchev–Trinajstić information content (AvgIpc) is 3.68. The number of aryl methyl sites for hydroxylation is 2. The molecule has 0 aliphatic carbocycles. The molecule has 0 radical (unpaired) electrons. The number of imidazole rings is 2. The fraction of sp³-hybridized carbons (Fsp3) is 0.111. The van der Waals surface area contributed by atoms with Crippen molar-refractivity contribution in [2.75, 3.05) is 0 Å². The van der Waals surface area contributed by atoms with Gasteiger partial charge in [0.2, 0.25) is 0 Å². The summed E-state index contributed by atoms with van der Waals surface area (Å²) in [5, 5.41) is 20.1. The van der Waals surface area contributed by atoms with Crippen LogP contribution in [-0.4, -0.2) is 19.1 Å². The fourth-order valence-electron chi connectivity index (χ4n) is 4.48. The van der Waals surface area contributed by atoms with Crippen LogP contribution in [0, 0.1) is 22.7 Å². The number of nitriles is 2. The second-order valence-electron chi connectivity index (χ2n) is 9.38. The van der Waals surface area contributed by atoms with Crippen LogP contribution in [0.4, 0.5) is 0 Å². The third-order valence-corrected chi connectivity index (χ3v) is 11.8. The molecular weight excluding hydrogens is 794 g/mol. The summed E-state index contributed by atoms with van der Waals surface area (Å²) >= 11 is 0. The second kappa shape index (κ2) is 23.0. The van der Waals surface area contributed by atoms with Gasteiger partial charge in [0.15, 0.2) is 0 Å². The van der Waals surface area contributed by atoms with Gasteiger partial charge in [0.25, 0.3) is 11.1 Å². The van der Waals surface area contributed by atoms with Crippen molar-refractivity contribution in [2.45, 2.75) is 13.8 Å². The first-order chi connectivity index (χ1) is 21.5. The van der Waals surface area contributed by atoms with Crippen molar-refractivity contribution < 1.29 is 44.8 Å². The van der Waals surface area contributed by atoms with Crippen LogP contribution >= 0.6 is 15.8 Å². The van der Waals surface area contributed by atoms with Crippen molar-refractivity contribution in [2.24, 2.45) is 14.1 Å². The Balaban J connectivity index is 0.000000379. The van der Waals surface area contributed by atoms with E-state index in [2.05, 4.69) is 155 Å². The first-order valence-corrected chi connectivity index (χ1v) is 17.1. The van der Waals surface area contributed by atoms with E-state index in [4.69, 9.17) is 10.5 Å². The Morgan fingerprint density at radius 1 is 0.478 bits per heavy atom. The van der Waals surface area contributed by atoms with Gasteiger partial charge in [-0.25, -0.2) is 9.97 Å². The first kappa shape index (κ1) is 40.6. The summed E-state index contributed by atoms with van der Waals surface area (Å²) < 4.78 is 4.27. The molecule has 0 unspecified atom stereocenters. The van der Waals surface area contributed by atoms with Gasteiger partial charge in [-0.15, -0.1) is 0 Å². The predicted octanol–water partition coefficient (Wildman–Crippen LogP) is 4.88. The van der Waals surface area contributed by atoms with E-state index in [1.54, 1.807) is 12.1 Å². The van der Waals surface area contributed by atoms with Crippen molar-refractivity contribution in [1.82, 2.24) is 19.1 Å². The van der Waals surface area contributed by atoms with E-state index >= 15 is 0 Å². The molecule has 0 aliphatic heterocycles. The molecule has 2 aromatic heterocycles. The number of hydrogen-bond donors (Lipinski definition) is 0. The topological polar surface area (TPSA) is 83.2 Å². The molecule has 46 heavy (non-hydrogen) atoms. The van der Waals surface area contributed by atoms with Crippen molar-refractivity contribution >= 4 is 48.2 Å². The molecule has 240 valence electrons. The average molecular weight is 832 g/mol. The molecule has 0 amide bonds. The Kier molecular flexibility index (Phi) is 20.3. The third-order valence-electron chi connectivity index (χ3n) is 6.34. The van der Waals surface area contributed by atoms with Gasteiger partial charge in [0.05, 0.1) is 12.1 Å². The van der Waals surface area contributed by atoms with E-state index < -0.39 is 15.8 Å². The smallest absolute Gasteiger partial charge is 0.305 e. The molecule has 0 saturated heterocycles. The van der Waals surface area contributed by atoms with Crippen LogP contribution in [0.3, 0.4) is 0 Å². The van der Waals surface area contributed by atoms with Crippen LogP contribution in [0.15, 0.2) is 146 Å². The Morgan fingerprint density at radius 3 is 0.870 bits per heavy atom.